The monoisotopic (exact) mass is 196 g/mol. The van der Waals surface area contributed by atoms with Crippen LogP contribution in [0.1, 0.15) is 6.92 Å². The third-order valence-electron chi connectivity index (χ3n) is 1.65. The minimum atomic E-state index is -3.11. The van der Waals surface area contributed by atoms with Crippen LogP contribution in [0.2, 0.25) is 0 Å². The molecule has 1 aromatic rings. The van der Waals surface area contributed by atoms with Gasteiger partial charge in [0.15, 0.2) is 9.84 Å². The number of hydrogen-bond acceptors (Lipinski definition) is 2. The molecule has 1 aromatic carbocycles. The van der Waals surface area contributed by atoms with Crippen molar-refractivity contribution in [3.8, 4) is 0 Å². The molecule has 0 aliphatic rings. The van der Waals surface area contributed by atoms with E-state index in [4.69, 9.17) is 0 Å². The van der Waals surface area contributed by atoms with Crippen molar-refractivity contribution in [1.29, 1.82) is 0 Å². The van der Waals surface area contributed by atoms with Crippen molar-refractivity contribution in [2.75, 3.05) is 5.75 Å². The summed E-state index contributed by atoms with van der Waals surface area (Å²) >= 11 is 0. The number of sulfone groups is 1. The van der Waals surface area contributed by atoms with Gasteiger partial charge in [0, 0.05) is 0 Å². The minimum absolute atomic E-state index is 0.0769. The van der Waals surface area contributed by atoms with E-state index in [1.165, 1.54) is 0 Å². The quantitative estimate of drug-likeness (QED) is 0.693. The highest BCUT2D eigenvalue weighted by molar-refractivity contribution is 7.91. The molecule has 0 amide bonds. The molecule has 70 valence electrons. The average Bonchev–Trinajstić information content (AvgIpc) is 2.16. The Morgan fingerprint density at radius 2 is 1.85 bits per heavy atom. The molecule has 0 N–H and O–H groups in total. The first-order chi connectivity index (χ1) is 6.17. The lowest BCUT2D eigenvalue weighted by molar-refractivity contribution is 0.599. The molecule has 0 bridgehead atoms. The molecule has 0 aliphatic carbocycles. The summed E-state index contributed by atoms with van der Waals surface area (Å²) in [5.74, 6) is 0.0769. The van der Waals surface area contributed by atoms with Crippen molar-refractivity contribution in [2.45, 2.75) is 11.8 Å². The molecular formula is C10H12O2S. The van der Waals surface area contributed by atoms with Gasteiger partial charge in [0.25, 0.3) is 0 Å². The van der Waals surface area contributed by atoms with Crippen LogP contribution in [0.5, 0.6) is 0 Å². The maximum atomic E-state index is 11.5. The van der Waals surface area contributed by atoms with Crippen LogP contribution >= 0.6 is 0 Å². The van der Waals surface area contributed by atoms with Gasteiger partial charge in [-0.3, -0.25) is 0 Å². The van der Waals surface area contributed by atoms with Gasteiger partial charge in [-0.15, -0.1) is 0 Å². The molecular weight excluding hydrogens is 184 g/mol. The molecule has 0 radical (unpaired) electrons. The van der Waals surface area contributed by atoms with E-state index in [1.54, 1.807) is 49.4 Å². The van der Waals surface area contributed by atoms with E-state index in [0.29, 0.717) is 4.90 Å². The van der Waals surface area contributed by atoms with Crippen molar-refractivity contribution >= 4 is 9.84 Å². The van der Waals surface area contributed by atoms with Gasteiger partial charge in [-0.05, 0) is 19.1 Å². The maximum Gasteiger partial charge on any atom is 0.181 e. The molecule has 0 heterocycles. The number of hydrogen-bond donors (Lipinski definition) is 0. The van der Waals surface area contributed by atoms with Crippen molar-refractivity contribution in [3.63, 3.8) is 0 Å². The van der Waals surface area contributed by atoms with Crippen LogP contribution in [0.15, 0.2) is 47.4 Å². The molecule has 0 saturated heterocycles. The molecule has 0 aliphatic heterocycles. The molecule has 0 saturated carbocycles. The van der Waals surface area contributed by atoms with Crippen molar-refractivity contribution in [3.05, 3.63) is 42.5 Å². The van der Waals surface area contributed by atoms with Gasteiger partial charge < -0.3 is 0 Å². The van der Waals surface area contributed by atoms with Crippen molar-refractivity contribution in [1.82, 2.24) is 0 Å². The van der Waals surface area contributed by atoms with Crippen molar-refractivity contribution in [2.24, 2.45) is 0 Å². The second kappa shape index (κ2) is 4.23. The highest BCUT2D eigenvalue weighted by Crippen LogP contribution is 2.09. The van der Waals surface area contributed by atoms with Gasteiger partial charge in [-0.25, -0.2) is 8.42 Å². The minimum Gasteiger partial charge on any atom is -0.223 e. The molecule has 0 spiro atoms. The largest absolute Gasteiger partial charge is 0.223 e. The first-order valence-electron chi connectivity index (χ1n) is 4.06. The maximum absolute atomic E-state index is 11.5. The van der Waals surface area contributed by atoms with Gasteiger partial charge in [-0.1, -0.05) is 30.4 Å². The van der Waals surface area contributed by atoms with Crippen LogP contribution in [-0.2, 0) is 9.84 Å². The van der Waals surface area contributed by atoms with Gasteiger partial charge in [0.2, 0.25) is 0 Å². The molecule has 0 aromatic heterocycles. The van der Waals surface area contributed by atoms with Crippen LogP contribution in [0, 0.1) is 0 Å². The second-order valence-corrected chi connectivity index (χ2v) is 4.70. The van der Waals surface area contributed by atoms with Gasteiger partial charge in [-0.2, -0.15) is 0 Å². The lowest BCUT2D eigenvalue weighted by atomic mass is 10.4. The number of rotatable bonds is 3. The fourth-order valence-electron chi connectivity index (χ4n) is 0.947. The van der Waals surface area contributed by atoms with Crippen LogP contribution in [0.3, 0.4) is 0 Å². The molecule has 0 unspecified atom stereocenters. The standard InChI is InChI=1S/C10H12O2S/c1-2-3-9-13(11,12)10-7-5-4-6-8-10/h2-8H,9H2,1H3/b3-2+. The normalized spacial score (nSPS) is 12.1. The predicted molar refractivity (Wildman–Crippen MR) is 53.3 cm³/mol. The Balaban J connectivity index is 2.95. The predicted octanol–water partition coefficient (Wildman–Crippen LogP) is 2.04. The summed E-state index contributed by atoms with van der Waals surface area (Å²) in [6.07, 6.45) is 3.38. The van der Waals surface area contributed by atoms with E-state index < -0.39 is 9.84 Å². The Labute approximate surface area is 78.8 Å². The molecule has 2 nitrogen and oxygen atoms in total. The summed E-state index contributed by atoms with van der Waals surface area (Å²) in [4.78, 5) is 0.383. The molecule has 13 heavy (non-hydrogen) atoms. The Morgan fingerprint density at radius 1 is 1.23 bits per heavy atom. The number of allylic oxidation sites excluding steroid dienone is 1. The van der Waals surface area contributed by atoms with E-state index in [2.05, 4.69) is 0 Å². The topological polar surface area (TPSA) is 34.1 Å². The van der Waals surface area contributed by atoms with E-state index in [0.717, 1.165) is 0 Å². The Morgan fingerprint density at radius 3 is 2.38 bits per heavy atom. The Kier molecular flexibility index (Phi) is 3.25. The SMILES string of the molecule is C/C=C/CS(=O)(=O)c1ccccc1. The zero-order valence-electron chi connectivity index (χ0n) is 7.47. The second-order valence-electron chi connectivity index (χ2n) is 2.66. The van der Waals surface area contributed by atoms with Crippen LogP contribution < -0.4 is 0 Å². The van der Waals surface area contributed by atoms with Gasteiger partial charge >= 0.3 is 0 Å². The zero-order valence-corrected chi connectivity index (χ0v) is 8.29. The van der Waals surface area contributed by atoms with E-state index >= 15 is 0 Å². The average molecular weight is 196 g/mol. The summed E-state index contributed by atoms with van der Waals surface area (Å²) in [5.41, 5.74) is 0. The van der Waals surface area contributed by atoms with Crippen LogP contribution in [0.4, 0.5) is 0 Å². The van der Waals surface area contributed by atoms with E-state index in [1.807, 2.05) is 0 Å². The molecule has 0 fully saturated rings. The van der Waals surface area contributed by atoms with Crippen LogP contribution in [0.25, 0.3) is 0 Å². The highest BCUT2D eigenvalue weighted by atomic mass is 32.2. The smallest absolute Gasteiger partial charge is 0.181 e. The lowest BCUT2D eigenvalue weighted by Gasteiger charge is -1.99. The fraction of sp³-hybridized carbons (Fsp3) is 0.200. The van der Waals surface area contributed by atoms with Crippen LogP contribution in [-0.4, -0.2) is 14.2 Å². The summed E-state index contributed by atoms with van der Waals surface area (Å²) in [6.45, 7) is 1.81. The summed E-state index contributed by atoms with van der Waals surface area (Å²) in [5, 5.41) is 0. The lowest BCUT2D eigenvalue weighted by Crippen LogP contribution is -2.03. The zero-order chi connectivity index (χ0) is 9.73. The third-order valence-corrected chi connectivity index (χ3v) is 3.28. The Bertz CT molecular complexity index is 377. The molecule has 1 rings (SSSR count). The van der Waals surface area contributed by atoms with E-state index in [-0.39, 0.29) is 5.75 Å². The van der Waals surface area contributed by atoms with Gasteiger partial charge in [0.1, 0.15) is 0 Å². The fourth-order valence-corrected chi connectivity index (χ4v) is 2.16. The Hall–Kier alpha value is -1.09. The summed E-state index contributed by atoms with van der Waals surface area (Å²) in [7, 11) is -3.11. The van der Waals surface area contributed by atoms with E-state index in [9.17, 15) is 8.42 Å². The molecule has 0 atom stereocenters. The summed E-state index contributed by atoms with van der Waals surface area (Å²) in [6, 6.07) is 8.47. The summed E-state index contributed by atoms with van der Waals surface area (Å²) < 4.78 is 23.1. The first-order valence-corrected chi connectivity index (χ1v) is 5.71. The third kappa shape index (κ3) is 2.70. The van der Waals surface area contributed by atoms with Gasteiger partial charge in [0.05, 0.1) is 10.6 Å². The first kappa shape index (κ1) is 9.99. The van der Waals surface area contributed by atoms with Crippen molar-refractivity contribution < 1.29 is 8.42 Å². The number of benzene rings is 1. The molecule has 3 heteroatoms. The highest BCUT2D eigenvalue weighted by Gasteiger charge is 2.10.